The first-order chi connectivity index (χ1) is 2.00. The Balaban J connectivity index is 3.02. The number of hydrogen-bond donors (Lipinski definition) is 0. The van der Waals surface area contributed by atoms with E-state index in [0.717, 1.165) is 0 Å². The summed E-state index contributed by atoms with van der Waals surface area (Å²) in [6, 6.07) is 0. The molecular formula is Cl2F2S. The molecule has 0 unspecified atom stereocenters. The smallest absolute Gasteiger partial charge is 0.125 e. The quantitative estimate of drug-likeness (QED) is 0.486. The Morgan fingerprint density at radius 3 is 1.20 bits per heavy atom. The number of hydrogen-bond acceptors (Lipinski definition) is 0. The predicted octanol–water partition coefficient (Wildman–Crippen LogP) is 2.87. The van der Waals surface area contributed by atoms with Crippen molar-refractivity contribution in [1.82, 2.24) is 0 Å². The third kappa shape index (κ3) is 59.7. The van der Waals surface area contributed by atoms with Crippen LogP contribution in [0.1, 0.15) is 0 Å². The first-order valence-electron chi connectivity index (χ1n) is 0.617. The lowest BCUT2D eigenvalue weighted by molar-refractivity contribution is 0.797. The molecule has 0 saturated carbocycles. The second-order valence-corrected chi connectivity index (χ2v) is 3.85. The van der Waals surface area contributed by atoms with Crippen LogP contribution in [0.4, 0.5) is 7.77 Å². The van der Waals surface area contributed by atoms with Gasteiger partial charge in [0.25, 0.3) is 0 Å². The van der Waals surface area contributed by atoms with Crippen LogP contribution in [0.2, 0.25) is 0 Å². The van der Waals surface area contributed by atoms with Crippen LogP contribution in [0, 0.1) is 0 Å². The van der Waals surface area contributed by atoms with E-state index in [1.165, 1.54) is 0 Å². The molecule has 0 fully saturated rings. The van der Waals surface area contributed by atoms with Crippen molar-refractivity contribution in [3.63, 3.8) is 0 Å². The first kappa shape index (κ1) is 5.79. The van der Waals surface area contributed by atoms with Crippen LogP contribution < -0.4 is 0 Å². The Labute approximate surface area is 39.0 Å². The molecule has 0 aliphatic carbocycles. The molecule has 0 aliphatic heterocycles. The molecule has 0 aliphatic rings. The maximum Gasteiger partial charge on any atom is 0.222 e. The van der Waals surface area contributed by atoms with Crippen molar-refractivity contribution >= 4 is 30.6 Å². The minimum Gasteiger partial charge on any atom is -0.125 e. The van der Waals surface area contributed by atoms with Crippen molar-refractivity contribution in [2.24, 2.45) is 0 Å². The van der Waals surface area contributed by atoms with Gasteiger partial charge >= 0.3 is 0 Å². The monoisotopic (exact) mass is 140 g/mol. The zero-order chi connectivity index (χ0) is 4.50. The van der Waals surface area contributed by atoms with Gasteiger partial charge in [0.15, 0.2) is 0 Å². The van der Waals surface area contributed by atoms with Gasteiger partial charge < -0.3 is 0 Å². The van der Waals surface area contributed by atoms with E-state index in [2.05, 4.69) is 21.4 Å². The summed E-state index contributed by atoms with van der Waals surface area (Å²) in [5, 5.41) is 0. The SMILES string of the molecule is FS(F)(Cl)Cl. The zero-order valence-electron chi connectivity index (χ0n) is 1.92. The van der Waals surface area contributed by atoms with Crippen LogP contribution >= 0.6 is 30.6 Å². The molecule has 5 heteroatoms. The van der Waals surface area contributed by atoms with Gasteiger partial charge in [-0.1, -0.05) is 0 Å². The lowest BCUT2D eigenvalue weighted by atomic mass is 18.8. The Kier molecular flexibility index (Phi) is 1.73. The third-order valence-corrected chi connectivity index (χ3v) is 0. The van der Waals surface area contributed by atoms with Crippen LogP contribution in [-0.2, 0) is 0 Å². The fourth-order valence-corrected chi connectivity index (χ4v) is 0. The highest BCUT2D eigenvalue weighted by Crippen LogP contribution is 2.61. The lowest BCUT2D eigenvalue weighted by Crippen LogP contribution is -1.40. The van der Waals surface area contributed by atoms with Crippen LogP contribution in [-0.4, -0.2) is 0 Å². The van der Waals surface area contributed by atoms with Gasteiger partial charge in [0.2, 0.25) is 9.23 Å². The minimum atomic E-state index is -4.22. The van der Waals surface area contributed by atoms with Gasteiger partial charge in [0, 0.05) is 21.4 Å². The van der Waals surface area contributed by atoms with Gasteiger partial charge in [0.05, 0.1) is 0 Å². The average molecular weight is 141 g/mol. The topological polar surface area (TPSA) is 0 Å². The summed E-state index contributed by atoms with van der Waals surface area (Å²) in [5.41, 5.74) is 0. The zero-order valence-corrected chi connectivity index (χ0v) is 4.25. The van der Waals surface area contributed by atoms with E-state index in [1.54, 1.807) is 0 Å². The average Bonchev–Trinajstić information content (AvgIpc) is 0.722. The van der Waals surface area contributed by atoms with Gasteiger partial charge in [-0.05, 0) is 0 Å². The van der Waals surface area contributed by atoms with Crippen molar-refractivity contribution < 1.29 is 7.77 Å². The summed E-state index contributed by atoms with van der Waals surface area (Å²) in [7, 11) is 3.87. The number of halogens is 4. The highest BCUT2D eigenvalue weighted by molar-refractivity contribution is 8.59. The van der Waals surface area contributed by atoms with E-state index in [1.807, 2.05) is 0 Å². The summed E-state index contributed by atoms with van der Waals surface area (Å²) < 4.78 is 21.3. The highest BCUT2D eigenvalue weighted by atomic mass is 36.0. The molecule has 0 aromatic carbocycles. The van der Waals surface area contributed by atoms with Gasteiger partial charge in [-0.25, -0.2) is 0 Å². The lowest BCUT2D eigenvalue weighted by Gasteiger charge is -1.92. The van der Waals surface area contributed by atoms with Crippen molar-refractivity contribution in [3.8, 4) is 0 Å². The molecule has 5 heavy (non-hydrogen) atoms. The molecule has 0 saturated heterocycles. The van der Waals surface area contributed by atoms with E-state index in [-0.39, 0.29) is 0 Å². The maximum atomic E-state index is 10.6. The molecule has 0 rings (SSSR count). The fraction of sp³-hybridized carbons (Fsp3) is 0. The fourth-order valence-electron chi connectivity index (χ4n) is 0. The van der Waals surface area contributed by atoms with E-state index >= 15 is 0 Å². The van der Waals surface area contributed by atoms with Crippen LogP contribution in [0.25, 0.3) is 0 Å². The van der Waals surface area contributed by atoms with Crippen molar-refractivity contribution in [2.45, 2.75) is 0 Å². The minimum absolute atomic E-state index is 4.05. The summed E-state index contributed by atoms with van der Waals surface area (Å²) in [6.45, 7) is 0. The second-order valence-electron chi connectivity index (χ2n) is 0.350. The molecule has 0 N–H and O–H groups in total. The summed E-state index contributed by atoms with van der Waals surface area (Å²) >= 11 is 0. The molecule has 0 atom stereocenters. The Hall–Kier alpha value is 0.790. The molecule has 0 amide bonds. The molecule has 0 heterocycles. The third-order valence-electron chi connectivity index (χ3n) is 0. The van der Waals surface area contributed by atoms with E-state index in [9.17, 15) is 7.77 Å². The maximum absolute atomic E-state index is 10.6. The van der Waals surface area contributed by atoms with Gasteiger partial charge in [-0.3, -0.25) is 0 Å². The van der Waals surface area contributed by atoms with E-state index < -0.39 is 9.23 Å². The largest absolute Gasteiger partial charge is 0.222 e. The number of rotatable bonds is 0. The highest BCUT2D eigenvalue weighted by Gasteiger charge is 2.09. The molecule has 0 spiro atoms. The van der Waals surface area contributed by atoms with Gasteiger partial charge in [-0.2, -0.15) is 0 Å². The van der Waals surface area contributed by atoms with Gasteiger partial charge in [-0.15, -0.1) is 7.77 Å². The molecule has 0 nitrogen and oxygen atoms in total. The van der Waals surface area contributed by atoms with Crippen LogP contribution in [0.3, 0.4) is 0 Å². The second kappa shape index (κ2) is 1.49. The van der Waals surface area contributed by atoms with E-state index in [0.29, 0.717) is 0 Å². The summed E-state index contributed by atoms with van der Waals surface area (Å²) in [5.74, 6) is 0. The Morgan fingerprint density at radius 2 is 1.20 bits per heavy atom. The molecule has 0 bridgehead atoms. The van der Waals surface area contributed by atoms with Crippen LogP contribution in [0.15, 0.2) is 0 Å². The van der Waals surface area contributed by atoms with Crippen molar-refractivity contribution in [1.29, 1.82) is 0 Å². The normalized spacial score (nSPS) is 15.2. The van der Waals surface area contributed by atoms with E-state index in [4.69, 9.17) is 0 Å². The Bertz CT molecular complexity index is 23.1. The van der Waals surface area contributed by atoms with Crippen molar-refractivity contribution in [3.05, 3.63) is 0 Å². The summed E-state index contributed by atoms with van der Waals surface area (Å²) in [6.07, 6.45) is 0. The van der Waals surface area contributed by atoms with Gasteiger partial charge in [0.1, 0.15) is 0 Å². The predicted molar refractivity (Wildman–Crippen MR) is 21.5 cm³/mol. The first-order valence-corrected chi connectivity index (χ1v) is 3.70. The molecular weight excluding hydrogens is 141 g/mol. The van der Waals surface area contributed by atoms with Crippen molar-refractivity contribution in [2.75, 3.05) is 0 Å². The molecule has 0 aromatic heterocycles. The molecule has 34 valence electrons. The Morgan fingerprint density at radius 1 is 1.20 bits per heavy atom. The molecule has 0 aromatic rings. The molecule has 0 radical (unpaired) electrons. The summed E-state index contributed by atoms with van der Waals surface area (Å²) in [4.78, 5) is 0. The standard InChI is InChI=1S/Cl2F2S/c1-5(2,3)4. The van der Waals surface area contributed by atoms with Crippen LogP contribution in [0.5, 0.6) is 0 Å².